The summed E-state index contributed by atoms with van der Waals surface area (Å²) in [4.78, 5) is 12.4. The molecule has 0 saturated carbocycles. The number of alkyl halides is 4. The van der Waals surface area contributed by atoms with E-state index in [2.05, 4.69) is 10.4 Å². The molecule has 0 aliphatic heterocycles. The third-order valence-corrected chi connectivity index (χ3v) is 4.80. The van der Waals surface area contributed by atoms with E-state index in [0.29, 0.717) is 10.4 Å². The molecule has 0 aliphatic carbocycles. The van der Waals surface area contributed by atoms with Crippen molar-refractivity contribution in [2.24, 2.45) is 0 Å². The Kier molecular flexibility index (Phi) is 5.97. The molecule has 0 saturated heterocycles. The van der Waals surface area contributed by atoms with Gasteiger partial charge in [-0.3, -0.25) is 9.48 Å². The maximum Gasteiger partial charge on any atom is 0.291 e. The normalized spacial score (nSPS) is 11.5. The average Bonchev–Trinajstić information content (AvgIpc) is 3.24. The van der Waals surface area contributed by atoms with E-state index in [-0.39, 0.29) is 18.1 Å². The number of amides is 1. The zero-order chi connectivity index (χ0) is 21.3. The lowest BCUT2D eigenvalue weighted by Crippen LogP contribution is -2.12. The SMILES string of the molecule is Cc1cccc(NC(=O)c2ccc(Cn3nc(C(F)F)c(Cl)c3C(F)F)o2)c1C. The highest BCUT2D eigenvalue weighted by Gasteiger charge is 2.28. The van der Waals surface area contributed by atoms with Crippen molar-refractivity contribution >= 4 is 23.2 Å². The highest BCUT2D eigenvalue weighted by atomic mass is 35.5. The molecule has 1 amide bonds. The molecule has 0 radical (unpaired) electrons. The molecule has 5 nitrogen and oxygen atoms in total. The minimum atomic E-state index is -3.11. The number of hydrogen-bond donors (Lipinski definition) is 1. The lowest BCUT2D eigenvalue weighted by molar-refractivity contribution is 0.0994. The monoisotopic (exact) mass is 429 g/mol. The van der Waals surface area contributed by atoms with Crippen LogP contribution in [0.3, 0.4) is 0 Å². The van der Waals surface area contributed by atoms with E-state index in [1.165, 1.54) is 12.1 Å². The average molecular weight is 430 g/mol. The predicted octanol–water partition coefficient (Wildman–Crippen LogP) is 5.92. The van der Waals surface area contributed by atoms with E-state index in [1.807, 2.05) is 19.9 Å². The number of hydrogen-bond acceptors (Lipinski definition) is 3. The first-order chi connectivity index (χ1) is 13.7. The van der Waals surface area contributed by atoms with Crippen LogP contribution in [0.5, 0.6) is 0 Å². The van der Waals surface area contributed by atoms with Gasteiger partial charge < -0.3 is 9.73 Å². The first-order valence-corrected chi connectivity index (χ1v) is 8.85. The van der Waals surface area contributed by atoms with Crippen molar-refractivity contribution in [1.29, 1.82) is 0 Å². The Balaban J connectivity index is 1.81. The summed E-state index contributed by atoms with van der Waals surface area (Å²) >= 11 is 5.62. The quantitative estimate of drug-likeness (QED) is 0.494. The Morgan fingerprint density at radius 1 is 1.17 bits per heavy atom. The molecule has 0 spiro atoms. The standard InChI is InChI=1S/C19H16ClF4N3O2/c1-9-4-3-5-12(10(9)2)25-19(28)13-7-6-11(29-13)8-27-16(18(23)24)14(20)15(26-27)17(21)22/h3-7,17-18H,8H2,1-2H3,(H,25,28). The molecule has 0 fully saturated rings. The lowest BCUT2D eigenvalue weighted by atomic mass is 10.1. The maximum atomic E-state index is 13.2. The van der Waals surface area contributed by atoms with E-state index in [9.17, 15) is 22.4 Å². The van der Waals surface area contributed by atoms with E-state index >= 15 is 0 Å². The summed E-state index contributed by atoms with van der Waals surface area (Å²) in [5.41, 5.74) is 0.724. The summed E-state index contributed by atoms with van der Waals surface area (Å²) in [6.45, 7) is 3.37. The Morgan fingerprint density at radius 2 is 1.90 bits per heavy atom. The summed E-state index contributed by atoms with van der Waals surface area (Å²) in [7, 11) is 0. The van der Waals surface area contributed by atoms with E-state index < -0.39 is 35.2 Å². The van der Waals surface area contributed by atoms with Crippen molar-refractivity contribution < 1.29 is 26.8 Å². The first kappa shape index (κ1) is 20.9. The van der Waals surface area contributed by atoms with Gasteiger partial charge in [0.05, 0.1) is 11.6 Å². The summed E-state index contributed by atoms with van der Waals surface area (Å²) in [6, 6.07) is 8.16. The van der Waals surface area contributed by atoms with Gasteiger partial charge in [-0.25, -0.2) is 17.6 Å². The maximum absolute atomic E-state index is 13.2. The fourth-order valence-corrected chi connectivity index (χ4v) is 3.04. The molecule has 154 valence electrons. The van der Waals surface area contributed by atoms with Crippen LogP contribution in [0.1, 0.15) is 51.7 Å². The molecular formula is C19H16ClF4N3O2. The molecular weight excluding hydrogens is 414 g/mol. The third-order valence-electron chi connectivity index (χ3n) is 4.41. The molecule has 2 aromatic heterocycles. The summed E-state index contributed by atoms with van der Waals surface area (Å²) in [5.74, 6) is -0.518. The van der Waals surface area contributed by atoms with Crippen LogP contribution in [0, 0.1) is 13.8 Å². The van der Waals surface area contributed by atoms with Crippen LogP contribution < -0.4 is 5.32 Å². The minimum Gasteiger partial charge on any atom is -0.454 e. The molecule has 10 heteroatoms. The zero-order valence-corrected chi connectivity index (χ0v) is 16.1. The van der Waals surface area contributed by atoms with Crippen LogP contribution >= 0.6 is 11.6 Å². The van der Waals surface area contributed by atoms with Crippen LogP contribution in [0.2, 0.25) is 5.02 Å². The molecule has 0 bridgehead atoms. The van der Waals surface area contributed by atoms with Crippen molar-refractivity contribution in [3.8, 4) is 0 Å². The van der Waals surface area contributed by atoms with Crippen molar-refractivity contribution in [2.75, 3.05) is 5.32 Å². The number of carbonyl (C=O) groups excluding carboxylic acids is 1. The van der Waals surface area contributed by atoms with Gasteiger partial charge in [-0.05, 0) is 43.2 Å². The smallest absolute Gasteiger partial charge is 0.291 e. The van der Waals surface area contributed by atoms with E-state index in [0.717, 1.165) is 11.1 Å². The predicted molar refractivity (Wildman–Crippen MR) is 98.8 cm³/mol. The van der Waals surface area contributed by atoms with Gasteiger partial charge >= 0.3 is 0 Å². The number of aryl methyl sites for hydroxylation is 1. The fourth-order valence-electron chi connectivity index (χ4n) is 2.74. The molecule has 3 aromatic rings. The number of nitrogens with zero attached hydrogens (tertiary/aromatic N) is 2. The summed E-state index contributed by atoms with van der Waals surface area (Å²) < 4.78 is 58.3. The number of benzene rings is 1. The second kappa shape index (κ2) is 8.28. The van der Waals surface area contributed by atoms with Gasteiger partial charge in [0.25, 0.3) is 18.8 Å². The van der Waals surface area contributed by atoms with Gasteiger partial charge in [0.1, 0.15) is 17.1 Å². The molecule has 2 heterocycles. The molecule has 29 heavy (non-hydrogen) atoms. The van der Waals surface area contributed by atoms with Gasteiger partial charge in [0.2, 0.25) is 0 Å². The minimum absolute atomic E-state index is 0.0631. The number of anilines is 1. The number of carbonyl (C=O) groups is 1. The van der Waals surface area contributed by atoms with Gasteiger partial charge in [0, 0.05) is 5.69 Å². The van der Waals surface area contributed by atoms with Crippen LogP contribution in [0.15, 0.2) is 34.7 Å². The van der Waals surface area contributed by atoms with Gasteiger partial charge in [-0.1, -0.05) is 23.7 Å². The molecule has 1 N–H and O–H groups in total. The van der Waals surface area contributed by atoms with E-state index in [4.69, 9.17) is 16.0 Å². The number of aromatic nitrogens is 2. The van der Waals surface area contributed by atoms with Gasteiger partial charge in [-0.15, -0.1) is 0 Å². The molecule has 0 aliphatic rings. The Morgan fingerprint density at radius 3 is 2.55 bits per heavy atom. The second-order valence-electron chi connectivity index (χ2n) is 6.31. The van der Waals surface area contributed by atoms with Crippen LogP contribution in [-0.2, 0) is 6.54 Å². The lowest BCUT2D eigenvalue weighted by Gasteiger charge is -2.09. The highest BCUT2D eigenvalue weighted by Crippen LogP contribution is 2.35. The van der Waals surface area contributed by atoms with Gasteiger partial charge in [-0.2, -0.15) is 5.10 Å². The number of rotatable bonds is 6. The number of halogens is 5. The van der Waals surface area contributed by atoms with Crippen molar-refractivity contribution in [2.45, 2.75) is 33.2 Å². The van der Waals surface area contributed by atoms with Gasteiger partial charge in [0.15, 0.2) is 5.76 Å². The molecule has 0 unspecified atom stereocenters. The Labute approximate surface area is 168 Å². The first-order valence-electron chi connectivity index (χ1n) is 8.47. The number of furan rings is 1. The zero-order valence-electron chi connectivity index (χ0n) is 15.3. The fraction of sp³-hybridized carbons (Fsp3) is 0.263. The number of nitrogens with one attached hydrogen (secondary N) is 1. The largest absolute Gasteiger partial charge is 0.454 e. The molecule has 1 aromatic carbocycles. The summed E-state index contributed by atoms with van der Waals surface area (Å²) in [5, 5.41) is 5.39. The van der Waals surface area contributed by atoms with Crippen molar-refractivity contribution in [3.05, 3.63) is 69.4 Å². The van der Waals surface area contributed by atoms with Crippen LogP contribution in [0.4, 0.5) is 23.2 Å². The molecule has 3 rings (SSSR count). The van der Waals surface area contributed by atoms with Crippen molar-refractivity contribution in [1.82, 2.24) is 9.78 Å². The van der Waals surface area contributed by atoms with Crippen molar-refractivity contribution in [3.63, 3.8) is 0 Å². The highest BCUT2D eigenvalue weighted by molar-refractivity contribution is 6.32. The van der Waals surface area contributed by atoms with E-state index in [1.54, 1.807) is 12.1 Å². The summed E-state index contributed by atoms with van der Waals surface area (Å²) in [6.07, 6.45) is -6.21. The topological polar surface area (TPSA) is 60.1 Å². The molecule has 0 atom stereocenters. The second-order valence-corrected chi connectivity index (χ2v) is 6.69. The Hall–Kier alpha value is -2.81. The third kappa shape index (κ3) is 4.29. The Bertz CT molecular complexity index is 1050. The van der Waals surface area contributed by atoms with Crippen LogP contribution in [0.25, 0.3) is 0 Å². The van der Waals surface area contributed by atoms with Crippen LogP contribution in [-0.4, -0.2) is 15.7 Å².